The van der Waals surface area contributed by atoms with Gasteiger partial charge in [-0.25, -0.2) is 9.59 Å². The first kappa shape index (κ1) is 17.4. The van der Waals surface area contributed by atoms with E-state index in [1.807, 2.05) is 30.3 Å². The lowest BCUT2D eigenvalue weighted by Crippen LogP contribution is -2.44. The maximum atomic E-state index is 11.6. The zero-order chi connectivity index (χ0) is 15.9. The van der Waals surface area contributed by atoms with E-state index in [4.69, 9.17) is 9.84 Å². The van der Waals surface area contributed by atoms with Crippen LogP contribution in [0.4, 0.5) is 4.79 Å². The van der Waals surface area contributed by atoms with E-state index in [0.29, 0.717) is 5.75 Å². The first-order valence-corrected chi connectivity index (χ1v) is 7.77. The molecule has 0 spiro atoms. The first-order valence-electron chi connectivity index (χ1n) is 6.62. The molecule has 0 aromatic heterocycles. The maximum absolute atomic E-state index is 11.6. The van der Waals surface area contributed by atoms with E-state index in [1.165, 1.54) is 11.8 Å². The highest BCUT2D eigenvalue weighted by molar-refractivity contribution is 7.98. The molecule has 2 N–H and O–H groups in total. The molecule has 1 aromatic rings. The molecule has 0 radical (unpaired) electrons. The SMILES string of the molecule is CC(C)(C)OC(=O)N[C@H](CSCc1ccccc1)C(=O)O. The Labute approximate surface area is 129 Å². The Kier molecular flexibility index (Phi) is 6.55. The van der Waals surface area contributed by atoms with Crippen molar-refractivity contribution in [2.24, 2.45) is 0 Å². The topological polar surface area (TPSA) is 75.6 Å². The zero-order valence-corrected chi connectivity index (χ0v) is 13.3. The summed E-state index contributed by atoms with van der Waals surface area (Å²) >= 11 is 1.45. The third-order valence-corrected chi connectivity index (χ3v) is 3.49. The van der Waals surface area contributed by atoms with E-state index < -0.39 is 23.7 Å². The molecule has 0 aliphatic heterocycles. The quantitative estimate of drug-likeness (QED) is 0.845. The molecule has 0 aliphatic rings. The zero-order valence-electron chi connectivity index (χ0n) is 12.5. The molecule has 0 aliphatic carbocycles. The van der Waals surface area contributed by atoms with Crippen molar-refractivity contribution in [2.75, 3.05) is 5.75 Å². The number of alkyl carbamates (subject to hydrolysis) is 1. The van der Waals surface area contributed by atoms with Gasteiger partial charge in [0.1, 0.15) is 11.6 Å². The lowest BCUT2D eigenvalue weighted by atomic mass is 10.2. The number of hydrogen-bond donors (Lipinski definition) is 2. The Hall–Kier alpha value is -1.69. The molecule has 116 valence electrons. The molecule has 1 atom stereocenters. The molecule has 0 heterocycles. The number of hydrogen-bond acceptors (Lipinski definition) is 4. The minimum absolute atomic E-state index is 0.281. The minimum atomic E-state index is -1.07. The average Bonchev–Trinajstić information content (AvgIpc) is 2.36. The van der Waals surface area contributed by atoms with E-state index in [2.05, 4.69) is 5.32 Å². The fraction of sp³-hybridized carbons (Fsp3) is 0.467. The van der Waals surface area contributed by atoms with Gasteiger partial charge in [-0.2, -0.15) is 11.8 Å². The Balaban J connectivity index is 2.43. The monoisotopic (exact) mass is 311 g/mol. The van der Waals surface area contributed by atoms with Crippen molar-refractivity contribution < 1.29 is 19.4 Å². The summed E-state index contributed by atoms with van der Waals surface area (Å²) in [5, 5.41) is 11.5. The number of carboxylic acid groups (broad SMARTS) is 1. The molecular formula is C15H21NO4S. The summed E-state index contributed by atoms with van der Waals surface area (Å²) in [7, 11) is 0. The van der Waals surface area contributed by atoms with E-state index >= 15 is 0 Å². The number of rotatable bonds is 6. The second-order valence-corrected chi connectivity index (χ2v) is 6.57. The van der Waals surface area contributed by atoms with Crippen LogP contribution in [0.5, 0.6) is 0 Å². The number of amides is 1. The van der Waals surface area contributed by atoms with Gasteiger partial charge in [-0.3, -0.25) is 0 Å². The van der Waals surface area contributed by atoms with Gasteiger partial charge in [0.25, 0.3) is 0 Å². The van der Waals surface area contributed by atoms with Gasteiger partial charge in [-0.1, -0.05) is 30.3 Å². The van der Waals surface area contributed by atoms with Crippen molar-refractivity contribution in [3.05, 3.63) is 35.9 Å². The summed E-state index contributed by atoms with van der Waals surface area (Å²) in [4.78, 5) is 22.8. The van der Waals surface area contributed by atoms with Gasteiger partial charge < -0.3 is 15.2 Å². The van der Waals surface area contributed by atoms with E-state index in [0.717, 1.165) is 5.56 Å². The van der Waals surface area contributed by atoms with Crippen LogP contribution in [0.15, 0.2) is 30.3 Å². The second kappa shape index (κ2) is 7.93. The fourth-order valence-electron chi connectivity index (χ4n) is 1.49. The van der Waals surface area contributed by atoms with Crippen molar-refractivity contribution in [1.82, 2.24) is 5.32 Å². The Morgan fingerprint density at radius 3 is 2.43 bits per heavy atom. The van der Waals surface area contributed by atoms with Gasteiger partial charge in [0.2, 0.25) is 0 Å². The number of benzene rings is 1. The number of aliphatic carboxylic acids is 1. The summed E-state index contributed by atoms with van der Waals surface area (Å²) in [5.74, 6) is -0.0919. The van der Waals surface area contributed by atoms with Crippen molar-refractivity contribution in [2.45, 2.75) is 38.2 Å². The van der Waals surface area contributed by atoms with Crippen LogP contribution in [0.1, 0.15) is 26.3 Å². The molecule has 21 heavy (non-hydrogen) atoms. The van der Waals surface area contributed by atoms with Crippen molar-refractivity contribution >= 4 is 23.8 Å². The van der Waals surface area contributed by atoms with E-state index in [-0.39, 0.29) is 5.75 Å². The van der Waals surface area contributed by atoms with E-state index in [9.17, 15) is 9.59 Å². The predicted octanol–water partition coefficient (Wildman–Crippen LogP) is 2.90. The van der Waals surface area contributed by atoms with E-state index in [1.54, 1.807) is 20.8 Å². The van der Waals surface area contributed by atoms with Crippen molar-refractivity contribution in [3.63, 3.8) is 0 Å². The molecule has 0 saturated carbocycles. The summed E-state index contributed by atoms with van der Waals surface area (Å²) in [6, 6.07) is 8.79. The number of carbonyl (C=O) groups excluding carboxylic acids is 1. The normalized spacial score (nSPS) is 12.5. The Bertz CT molecular complexity index is 470. The summed E-state index contributed by atoms with van der Waals surface area (Å²) < 4.78 is 5.06. The van der Waals surface area contributed by atoms with Gasteiger partial charge >= 0.3 is 12.1 Å². The molecule has 1 amide bonds. The van der Waals surface area contributed by atoms with Crippen LogP contribution in [0.25, 0.3) is 0 Å². The van der Waals surface area contributed by atoms with Crippen LogP contribution in [-0.4, -0.2) is 34.6 Å². The summed E-state index contributed by atoms with van der Waals surface area (Å²) in [6.45, 7) is 5.19. The van der Waals surface area contributed by atoms with Crippen LogP contribution in [0.3, 0.4) is 0 Å². The predicted molar refractivity (Wildman–Crippen MR) is 83.4 cm³/mol. The molecule has 1 aromatic carbocycles. The molecule has 6 heteroatoms. The minimum Gasteiger partial charge on any atom is -0.480 e. The summed E-state index contributed by atoms with van der Waals surface area (Å²) in [5.41, 5.74) is 0.466. The van der Waals surface area contributed by atoms with Gasteiger partial charge in [0, 0.05) is 11.5 Å². The lowest BCUT2D eigenvalue weighted by Gasteiger charge is -2.21. The number of carboxylic acids is 1. The number of ether oxygens (including phenoxy) is 1. The van der Waals surface area contributed by atoms with Gasteiger partial charge in [-0.15, -0.1) is 0 Å². The highest BCUT2D eigenvalue weighted by Crippen LogP contribution is 2.13. The van der Waals surface area contributed by atoms with Crippen LogP contribution < -0.4 is 5.32 Å². The largest absolute Gasteiger partial charge is 0.480 e. The van der Waals surface area contributed by atoms with Crippen LogP contribution >= 0.6 is 11.8 Å². The van der Waals surface area contributed by atoms with Crippen LogP contribution in [0.2, 0.25) is 0 Å². The molecule has 0 bridgehead atoms. The second-order valence-electron chi connectivity index (χ2n) is 5.54. The lowest BCUT2D eigenvalue weighted by molar-refractivity contribution is -0.138. The standard InChI is InChI=1S/C15H21NO4S/c1-15(2,3)20-14(19)16-12(13(17)18)10-21-9-11-7-5-4-6-8-11/h4-8,12H,9-10H2,1-3H3,(H,16,19)(H,17,18)/t12-/m1/s1. The van der Waals surface area contributed by atoms with Crippen LogP contribution in [0, 0.1) is 0 Å². The van der Waals surface area contributed by atoms with Crippen molar-refractivity contribution in [3.8, 4) is 0 Å². The highest BCUT2D eigenvalue weighted by atomic mass is 32.2. The van der Waals surface area contributed by atoms with Gasteiger partial charge in [-0.05, 0) is 26.3 Å². The number of thioether (sulfide) groups is 1. The van der Waals surface area contributed by atoms with Crippen LogP contribution in [-0.2, 0) is 15.3 Å². The van der Waals surface area contributed by atoms with Gasteiger partial charge in [0.15, 0.2) is 0 Å². The molecule has 0 saturated heterocycles. The summed E-state index contributed by atoms with van der Waals surface area (Å²) in [6.07, 6.45) is -0.713. The number of carbonyl (C=O) groups is 2. The molecule has 1 rings (SSSR count). The van der Waals surface area contributed by atoms with Gasteiger partial charge in [0.05, 0.1) is 0 Å². The molecular weight excluding hydrogens is 290 g/mol. The molecule has 0 fully saturated rings. The highest BCUT2D eigenvalue weighted by Gasteiger charge is 2.23. The first-order chi connectivity index (χ1) is 9.78. The molecule has 5 nitrogen and oxygen atoms in total. The third-order valence-electron chi connectivity index (χ3n) is 2.39. The van der Waals surface area contributed by atoms with Crippen molar-refractivity contribution in [1.29, 1.82) is 0 Å². The fourth-order valence-corrected chi connectivity index (χ4v) is 2.50. The Morgan fingerprint density at radius 1 is 1.29 bits per heavy atom. The maximum Gasteiger partial charge on any atom is 0.408 e. The average molecular weight is 311 g/mol. The Morgan fingerprint density at radius 2 is 1.90 bits per heavy atom. The number of nitrogens with one attached hydrogen (secondary N) is 1. The molecule has 0 unspecified atom stereocenters. The third kappa shape index (κ3) is 7.60. The smallest absolute Gasteiger partial charge is 0.408 e.